The zero-order valence-electron chi connectivity index (χ0n) is 10.3. The van der Waals surface area contributed by atoms with Crippen LogP contribution in [0.5, 0.6) is 11.5 Å². The molecule has 8 nitrogen and oxygen atoms in total. The van der Waals surface area contributed by atoms with Crippen LogP contribution in [0.4, 0.5) is 0 Å². The molecule has 0 aromatic heterocycles. The van der Waals surface area contributed by atoms with Crippen molar-refractivity contribution in [3.05, 3.63) is 23.3 Å². The lowest BCUT2D eigenvalue weighted by atomic mass is 10.1. The van der Waals surface area contributed by atoms with E-state index in [4.69, 9.17) is 19.7 Å². The molecule has 0 amide bonds. The van der Waals surface area contributed by atoms with Crippen LogP contribution in [-0.4, -0.2) is 48.6 Å². The molecular weight excluding hydrogens is 272 g/mol. The Labute approximate surface area is 113 Å². The average Bonchev–Trinajstić information content (AvgIpc) is 2.41. The third kappa shape index (κ3) is 3.59. The van der Waals surface area contributed by atoms with Gasteiger partial charge in [0, 0.05) is 11.1 Å². The van der Waals surface area contributed by atoms with Crippen molar-refractivity contribution in [2.45, 2.75) is 0 Å². The van der Waals surface area contributed by atoms with Gasteiger partial charge < -0.3 is 39.5 Å². The number of hydrogen-bond acceptors (Lipinski definition) is 8. The Morgan fingerprint density at radius 1 is 0.900 bits per heavy atom. The van der Waals surface area contributed by atoms with Crippen molar-refractivity contribution in [1.29, 1.82) is 0 Å². The van der Waals surface area contributed by atoms with Crippen molar-refractivity contribution < 1.29 is 39.5 Å². The second-order valence-electron chi connectivity index (χ2n) is 3.54. The Morgan fingerprint density at radius 3 is 1.50 bits per heavy atom. The van der Waals surface area contributed by atoms with Crippen LogP contribution in [0.2, 0.25) is 0 Å². The van der Waals surface area contributed by atoms with Crippen LogP contribution in [0.15, 0.2) is 12.1 Å². The molecule has 0 saturated carbocycles. The van der Waals surface area contributed by atoms with Crippen LogP contribution in [0.25, 0.3) is 0 Å². The summed E-state index contributed by atoms with van der Waals surface area (Å²) in [7, 11) is 0. The topological polar surface area (TPSA) is 139 Å². The first-order chi connectivity index (χ1) is 9.52. The minimum Gasteiger partial charge on any atom is -0.545 e. The van der Waals surface area contributed by atoms with E-state index in [0.29, 0.717) is 0 Å². The second-order valence-corrected chi connectivity index (χ2v) is 3.54. The maximum absolute atomic E-state index is 11.0. The largest absolute Gasteiger partial charge is 0.545 e. The summed E-state index contributed by atoms with van der Waals surface area (Å²) < 4.78 is 10.00. The number of carboxylic acids is 2. The first-order valence-corrected chi connectivity index (χ1v) is 5.60. The van der Waals surface area contributed by atoms with Gasteiger partial charge >= 0.3 is 0 Å². The van der Waals surface area contributed by atoms with Gasteiger partial charge in [-0.25, -0.2) is 0 Å². The smallest absolute Gasteiger partial charge is 0.171 e. The summed E-state index contributed by atoms with van der Waals surface area (Å²) in [5.74, 6) is -3.99. The van der Waals surface area contributed by atoms with Crippen molar-refractivity contribution in [1.82, 2.24) is 0 Å². The highest BCUT2D eigenvalue weighted by Crippen LogP contribution is 2.35. The molecule has 1 aromatic rings. The van der Waals surface area contributed by atoms with Gasteiger partial charge in [-0.1, -0.05) is 0 Å². The van der Waals surface area contributed by atoms with Gasteiger partial charge in [-0.15, -0.1) is 0 Å². The van der Waals surface area contributed by atoms with Crippen molar-refractivity contribution >= 4 is 11.9 Å². The molecule has 0 saturated heterocycles. The average molecular weight is 284 g/mol. The van der Waals surface area contributed by atoms with Crippen molar-refractivity contribution in [2.24, 2.45) is 0 Å². The fourth-order valence-corrected chi connectivity index (χ4v) is 1.47. The van der Waals surface area contributed by atoms with E-state index in [0.717, 1.165) is 12.1 Å². The Bertz CT molecular complexity index is 451. The number of aromatic carboxylic acids is 2. The van der Waals surface area contributed by atoms with E-state index in [-0.39, 0.29) is 13.2 Å². The van der Waals surface area contributed by atoms with Gasteiger partial charge in [-0.05, 0) is 12.1 Å². The summed E-state index contributed by atoms with van der Waals surface area (Å²) in [5.41, 5.74) is -0.868. The second kappa shape index (κ2) is 7.31. The van der Waals surface area contributed by atoms with Gasteiger partial charge in [0.15, 0.2) is 11.5 Å². The molecule has 0 unspecified atom stereocenters. The fraction of sp³-hybridized carbons (Fsp3) is 0.333. The number of carboxylic acid groups (broad SMARTS) is 2. The Hall–Kier alpha value is -2.32. The molecule has 0 heterocycles. The van der Waals surface area contributed by atoms with Crippen molar-refractivity contribution in [3.8, 4) is 11.5 Å². The number of ether oxygens (including phenoxy) is 2. The molecule has 0 radical (unpaired) electrons. The van der Waals surface area contributed by atoms with Crippen LogP contribution >= 0.6 is 0 Å². The third-order valence-electron chi connectivity index (χ3n) is 2.23. The summed E-state index contributed by atoms with van der Waals surface area (Å²) in [6.45, 7) is -1.37. The standard InChI is InChI=1S/C12H14O8/c13-3-5-19-9-7(11(15)16)1-2-8(12(17)18)10(9)20-6-4-14/h1-2,13-14H,3-6H2,(H,15,16)(H,17,18)/p-2. The maximum Gasteiger partial charge on any atom is 0.171 e. The maximum atomic E-state index is 11.0. The lowest BCUT2D eigenvalue weighted by molar-refractivity contribution is -0.256. The molecular formula is C12H12O8-2. The van der Waals surface area contributed by atoms with E-state index < -0.39 is 47.8 Å². The van der Waals surface area contributed by atoms with E-state index in [1.165, 1.54) is 0 Å². The highest BCUT2D eigenvalue weighted by molar-refractivity contribution is 5.96. The SMILES string of the molecule is O=C([O-])c1ccc(C(=O)[O-])c(OCCO)c1OCCO. The number of carbonyl (C=O) groups is 2. The summed E-state index contributed by atoms with van der Waals surface area (Å²) in [6.07, 6.45) is 0. The fourth-order valence-electron chi connectivity index (χ4n) is 1.47. The molecule has 110 valence electrons. The quantitative estimate of drug-likeness (QED) is 0.520. The summed E-state index contributed by atoms with van der Waals surface area (Å²) in [6, 6.07) is 1.94. The summed E-state index contributed by atoms with van der Waals surface area (Å²) in [4.78, 5) is 21.9. The van der Waals surface area contributed by atoms with E-state index in [1.54, 1.807) is 0 Å². The summed E-state index contributed by atoms with van der Waals surface area (Å²) >= 11 is 0. The van der Waals surface area contributed by atoms with Crippen molar-refractivity contribution in [2.75, 3.05) is 26.4 Å². The minimum atomic E-state index is -1.60. The predicted octanol–water partition coefficient (Wildman–Crippen LogP) is -2.84. The normalized spacial score (nSPS) is 10.1. The van der Waals surface area contributed by atoms with Gasteiger partial charge in [0.25, 0.3) is 0 Å². The van der Waals surface area contributed by atoms with Crippen LogP contribution in [0.3, 0.4) is 0 Å². The molecule has 20 heavy (non-hydrogen) atoms. The first kappa shape index (κ1) is 15.7. The van der Waals surface area contributed by atoms with Gasteiger partial charge in [0.1, 0.15) is 13.2 Å². The van der Waals surface area contributed by atoms with E-state index >= 15 is 0 Å². The van der Waals surface area contributed by atoms with Crippen molar-refractivity contribution in [3.63, 3.8) is 0 Å². The lowest BCUT2D eigenvalue weighted by Gasteiger charge is -2.19. The molecule has 2 N–H and O–H groups in total. The number of rotatable bonds is 8. The zero-order chi connectivity index (χ0) is 15.1. The lowest BCUT2D eigenvalue weighted by Crippen LogP contribution is -2.27. The first-order valence-electron chi connectivity index (χ1n) is 5.60. The van der Waals surface area contributed by atoms with E-state index in [2.05, 4.69) is 0 Å². The Kier molecular flexibility index (Phi) is 5.75. The molecule has 0 atom stereocenters. The zero-order valence-corrected chi connectivity index (χ0v) is 10.3. The van der Waals surface area contributed by atoms with E-state index in [9.17, 15) is 19.8 Å². The summed E-state index contributed by atoms with van der Waals surface area (Å²) in [5, 5.41) is 39.4. The Morgan fingerprint density at radius 2 is 1.25 bits per heavy atom. The van der Waals surface area contributed by atoms with Crippen LogP contribution in [-0.2, 0) is 0 Å². The minimum absolute atomic E-state index is 0.272. The van der Waals surface area contributed by atoms with Crippen LogP contribution in [0.1, 0.15) is 20.7 Å². The molecule has 1 aromatic carbocycles. The molecule has 0 spiro atoms. The highest BCUT2D eigenvalue weighted by atomic mass is 16.5. The Balaban J connectivity index is 3.37. The third-order valence-corrected chi connectivity index (χ3v) is 2.23. The molecule has 0 aliphatic heterocycles. The number of carbonyl (C=O) groups excluding carboxylic acids is 2. The number of benzene rings is 1. The highest BCUT2D eigenvalue weighted by Gasteiger charge is 2.18. The molecule has 0 aliphatic carbocycles. The van der Waals surface area contributed by atoms with E-state index in [1.807, 2.05) is 0 Å². The van der Waals surface area contributed by atoms with Gasteiger partial charge in [0.2, 0.25) is 0 Å². The molecule has 8 heteroatoms. The number of aliphatic hydroxyl groups excluding tert-OH is 2. The number of aliphatic hydroxyl groups is 2. The molecule has 0 aliphatic rings. The van der Waals surface area contributed by atoms with Crippen LogP contribution < -0.4 is 19.7 Å². The monoisotopic (exact) mass is 284 g/mol. The molecule has 0 bridgehead atoms. The van der Waals surface area contributed by atoms with Gasteiger partial charge in [0.05, 0.1) is 25.2 Å². The number of hydrogen-bond donors (Lipinski definition) is 2. The van der Waals surface area contributed by atoms with Gasteiger partial charge in [-0.3, -0.25) is 0 Å². The molecule has 0 fully saturated rings. The van der Waals surface area contributed by atoms with Gasteiger partial charge in [-0.2, -0.15) is 0 Å². The van der Waals surface area contributed by atoms with Crippen LogP contribution in [0, 0.1) is 0 Å². The predicted molar refractivity (Wildman–Crippen MR) is 60.3 cm³/mol. The molecule has 1 rings (SSSR count).